The van der Waals surface area contributed by atoms with Gasteiger partial charge in [0.1, 0.15) is 6.67 Å². The fraction of sp³-hybridized carbons (Fsp3) is 0.263. The largest absolute Gasteiger partial charge is 0.481 e. The van der Waals surface area contributed by atoms with Gasteiger partial charge in [-0.25, -0.2) is 4.39 Å². The van der Waals surface area contributed by atoms with E-state index in [2.05, 4.69) is 5.10 Å². The molecule has 0 aliphatic heterocycles. The van der Waals surface area contributed by atoms with Crippen LogP contribution < -0.4 is 0 Å². The van der Waals surface area contributed by atoms with Crippen LogP contribution in [0.5, 0.6) is 0 Å². The molecule has 0 fully saturated rings. The van der Waals surface area contributed by atoms with Crippen LogP contribution in [-0.4, -0.2) is 20.9 Å². The first-order valence-electron chi connectivity index (χ1n) is 8.18. The molecule has 0 aliphatic carbocycles. The van der Waals surface area contributed by atoms with Crippen molar-refractivity contribution < 1.29 is 14.3 Å². The zero-order valence-corrected chi connectivity index (χ0v) is 15.4. The van der Waals surface area contributed by atoms with E-state index in [0.717, 1.165) is 22.2 Å². The number of alkyl halides is 1. The number of carboxylic acids is 1. The van der Waals surface area contributed by atoms with Crippen molar-refractivity contribution in [2.24, 2.45) is 0 Å². The molecule has 0 aliphatic rings. The summed E-state index contributed by atoms with van der Waals surface area (Å²) in [6.07, 6.45) is 1.12. The lowest BCUT2D eigenvalue weighted by Crippen LogP contribution is -2.03. The molecule has 2 aromatic carbocycles. The summed E-state index contributed by atoms with van der Waals surface area (Å²) < 4.78 is 14.9. The molecule has 0 saturated heterocycles. The number of fused-ring (bicyclic) bond motifs is 1. The Morgan fingerprint density at radius 3 is 2.69 bits per heavy atom. The molecule has 0 spiro atoms. The van der Waals surface area contributed by atoms with Crippen LogP contribution >= 0.6 is 23.2 Å². The average molecular weight is 395 g/mol. The van der Waals surface area contributed by atoms with Gasteiger partial charge in [-0.3, -0.25) is 9.48 Å². The van der Waals surface area contributed by atoms with Gasteiger partial charge in [0, 0.05) is 21.9 Å². The third-order valence-electron chi connectivity index (χ3n) is 4.19. The molecular formula is C19H17Cl2FN2O2. The van der Waals surface area contributed by atoms with E-state index in [4.69, 9.17) is 28.3 Å². The lowest BCUT2D eigenvalue weighted by Gasteiger charge is -2.07. The lowest BCUT2D eigenvalue weighted by atomic mass is 10.1. The summed E-state index contributed by atoms with van der Waals surface area (Å²) in [5, 5.41) is 15.5. The molecule has 0 radical (unpaired) electrons. The molecule has 0 unspecified atom stereocenters. The maximum absolute atomic E-state index is 13.1. The van der Waals surface area contributed by atoms with Crippen LogP contribution in [0.1, 0.15) is 29.7 Å². The molecular weight excluding hydrogens is 378 g/mol. The van der Waals surface area contributed by atoms with E-state index in [1.165, 1.54) is 0 Å². The molecule has 3 rings (SSSR count). The number of aromatic nitrogens is 2. The predicted octanol–water partition coefficient (Wildman–Crippen LogP) is 5.27. The van der Waals surface area contributed by atoms with E-state index >= 15 is 0 Å². The van der Waals surface area contributed by atoms with E-state index in [1.54, 1.807) is 28.9 Å². The highest BCUT2D eigenvalue weighted by Gasteiger charge is 2.13. The number of carboxylic acid groups (broad SMARTS) is 1. The number of hydrogen-bond donors (Lipinski definition) is 1. The number of carbonyl (C=O) groups is 1. The fourth-order valence-corrected chi connectivity index (χ4v) is 3.36. The van der Waals surface area contributed by atoms with E-state index in [1.807, 2.05) is 12.1 Å². The Balaban J connectivity index is 1.98. The molecule has 0 bridgehead atoms. The number of aliphatic carboxylic acids is 1. The summed E-state index contributed by atoms with van der Waals surface area (Å²) in [6, 6.07) is 10.6. The van der Waals surface area contributed by atoms with Crippen LogP contribution in [0.25, 0.3) is 10.9 Å². The highest BCUT2D eigenvalue weighted by molar-refractivity contribution is 6.35. The Morgan fingerprint density at radius 2 is 2.00 bits per heavy atom. The SMILES string of the molecule is O=C(O)CCCc1nn(Cc2ccc(Cl)cc2Cl)c2cc(CF)ccc12. The number of benzene rings is 2. The van der Waals surface area contributed by atoms with Gasteiger partial charge in [-0.1, -0.05) is 41.4 Å². The van der Waals surface area contributed by atoms with Crippen molar-refractivity contribution in [3.63, 3.8) is 0 Å². The second-order valence-electron chi connectivity index (χ2n) is 6.07. The normalized spacial score (nSPS) is 11.2. The van der Waals surface area contributed by atoms with Gasteiger partial charge in [-0.15, -0.1) is 0 Å². The van der Waals surface area contributed by atoms with Gasteiger partial charge < -0.3 is 5.11 Å². The van der Waals surface area contributed by atoms with Gasteiger partial charge in [0.25, 0.3) is 0 Å². The van der Waals surface area contributed by atoms with E-state index < -0.39 is 12.6 Å². The third kappa shape index (κ3) is 4.17. The van der Waals surface area contributed by atoms with Crippen molar-refractivity contribution in [1.29, 1.82) is 0 Å². The quantitative estimate of drug-likeness (QED) is 0.593. The maximum Gasteiger partial charge on any atom is 0.303 e. The van der Waals surface area contributed by atoms with Gasteiger partial charge in [0.15, 0.2) is 0 Å². The monoisotopic (exact) mass is 394 g/mol. The van der Waals surface area contributed by atoms with Gasteiger partial charge in [-0.05, 0) is 42.2 Å². The van der Waals surface area contributed by atoms with Crippen molar-refractivity contribution >= 4 is 40.1 Å². The summed E-state index contributed by atoms with van der Waals surface area (Å²) in [4.78, 5) is 10.8. The molecule has 0 amide bonds. The summed E-state index contributed by atoms with van der Waals surface area (Å²) in [6.45, 7) is -0.141. The predicted molar refractivity (Wildman–Crippen MR) is 101 cm³/mol. The van der Waals surface area contributed by atoms with Gasteiger partial charge in [0.05, 0.1) is 17.8 Å². The molecule has 0 saturated carbocycles. The van der Waals surface area contributed by atoms with Gasteiger partial charge in [0.2, 0.25) is 0 Å². The van der Waals surface area contributed by atoms with Crippen molar-refractivity contribution in [2.45, 2.75) is 32.5 Å². The van der Waals surface area contributed by atoms with Gasteiger partial charge >= 0.3 is 5.97 Å². The zero-order chi connectivity index (χ0) is 18.7. The Kier molecular flexibility index (Phi) is 5.79. The van der Waals surface area contributed by atoms with Crippen LogP contribution in [0.3, 0.4) is 0 Å². The van der Waals surface area contributed by atoms with Crippen molar-refractivity contribution in [3.05, 3.63) is 63.3 Å². The molecule has 1 aromatic heterocycles. The number of nitrogens with zero attached hydrogens (tertiary/aromatic N) is 2. The Bertz CT molecular complexity index is 956. The van der Waals surface area contributed by atoms with Crippen LogP contribution in [0.4, 0.5) is 4.39 Å². The van der Waals surface area contributed by atoms with Crippen molar-refractivity contribution in [2.75, 3.05) is 0 Å². The van der Waals surface area contributed by atoms with Gasteiger partial charge in [-0.2, -0.15) is 5.10 Å². The van der Waals surface area contributed by atoms with Crippen LogP contribution in [0.15, 0.2) is 36.4 Å². The minimum absolute atomic E-state index is 0.0833. The molecule has 3 aromatic rings. The second kappa shape index (κ2) is 8.06. The smallest absolute Gasteiger partial charge is 0.303 e. The molecule has 4 nitrogen and oxygen atoms in total. The zero-order valence-electron chi connectivity index (χ0n) is 13.9. The minimum atomic E-state index is -0.832. The first-order valence-corrected chi connectivity index (χ1v) is 8.93. The highest BCUT2D eigenvalue weighted by atomic mass is 35.5. The maximum atomic E-state index is 13.1. The summed E-state index contributed by atoms with van der Waals surface area (Å²) in [5.41, 5.74) is 3.02. The first kappa shape index (κ1) is 18.7. The summed E-state index contributed by atoms with van der Waals surface area (Å²) in [5.74, 6) is -0.832. The number of rotatable bonds is 7. The fourth-order valence-electron chi connectivity index (χ4n) is 2.89. The topological polar surface area (TPSA) is 55.1 Å². The van der Waals surface area contributed by atoms with E-state index in [9.17, 15) is 9.18 Å². The van der Waals surface area contributed by atoms with Crippen molar-refractivity contribution in [1.82, 2.24) is 9.78 Å². The average Bonchev–Trinajstić information content (AvgIpc) is 2.94. The van der Waals surface area contributed by atoms with Crippen LogP contribution in [-0.2, 0) is 24.4 Å². The third-order valence-corrected chi connectivity index (χ3v) is 4.77. The van der Waals surface area contributed by atoms with Crippen LogP contribution in [0, 0.1) is 0 Å². The lowest BCUT2D eigenvalue weighted by molar-refractivity contribution is -0.137. The second-order valence-corrected chi connectivity index (χ2v) is 6.92. The molecule has 0 atom stereocenters. The van der Waals surface area contributed by atoms with E-state index in [0.29, 0.717) is 35.0 Å². The summed E-state index contributed by atoms with van der Waals surface area (Å²) >= 11 is 12.2. The molecule has 7 heteroatoms. The van der Waals surface area contributed by atoms with Crippen LogP contribution in [0.2, 0.25) is 10.0 Å². The summed E-state index contributed by atoms with van der Waals surface area (Å²) in [7, 11) is 0. The first-order chi connectivity index (χ1) is 12.5. The standard InChI is InChI=1S/C19H17Cl2FN2O2/c20-14-6-5-13(16(21)9-14)11-24-18-8-12(10-22)4-7-15(18)17(23-24)2-1-3-19(25)26/h4-9H,1-3,10-11H2,(H,25,26). The van der Waals surface area contributed by atoms with Crippen molar-refractivity contribution in [3.8, 4) is 0 Å². The molecule has 1 N–H and O–H groups in total. The molecule has 136 valence electrons. The Morgan fingerprint density at radius 1 is 1.19 bits per heavy atom. The Hall–Kier alpha value is -2.11. The molecule has 1 heterocycles. The highest BCUT2D eigenvalue weighted by Crippen LogP contribution is 2.26. The Labute approximate surface area is 160 Å². The minimum Gasteiger partial charge on any atom is -0.481 e. The molecule has 26 heavy (non-hydrogen) atoms. The van der Waals surface area contributed by atoms with E-state index in [-0.39, 0.29) is 6.42 Å². The number of aryl methyl sites for hydroxylation is 1. The number of hydrogen-bond acceptors (Lipinski definition) is 2. The number of halogens is 3.